The summed E-state index contributed by atoms with van der Waals surface area (Å²) in [5.41, 5.74) is 0.636. The van der Waals surface area contributed by atoms with Gasteiger partial charge < -0.3 is 5.32 Å². The predicted octanol–water partition coefficient (Wildman–Crippen LogP) is 3.96. The fraction of sp³-hybridized carbons (Fsp3) is 0.316. The summed E-state index contributed by atoms with van der Waals surface area (Å²) in [6, 6.07) is 6.28. The highest BCUT2D eigenvalue weighted by molar-refractivity contribution is 7.89. The number of aryl methyl sites for hydroxylation is 2. The van der Waals surface area contributed by atoms with Gasteiger partial charge in [-0.15, -0.1) is 11.3 Å². The Balaban J connectivity index is 1.65. The lowest BCUT2D eigenvalue weighted by Crippen LogP contribution is -2.31. The molecule has 0 spiro atoms. The molecule has 3 aromatic rings. The number of nitrogens with one attached hydrogen (secondary N) is 1. The van der Waals surface area contributed by atoms with Gasteiger partial charge in [-0.2, -0.15) is 4.31 Å². The SMILES string of the molecule is Cc1nc(Nc2ncc(C)s2)cc([C@@H]2CCCN2S(=O)(=O)c2ccc(F)cc2)n1. The molecule has 0 amide bonds. The maximum Gasteiger partial charge on any atom is 0.243 e. The van der Waals surface area contributed by atoms with Gasteiger partial charge in [0.15, 0.2) is 5.13 Å². The molecule has 152 valence electrons. The van der Waals surface area contributed by atoms with Gasteiger partial charge in [-0.1, -0.05) is 0 Å². The third-order valence-electron chi connectivity index (χ3n) is 4.68. The molecule has 4 rings (SSSR count). The number of hydrogen-bond acceptors (Lipinski definition) is 7. The number of sulfonamides is 1. The van der Waals surface area contributed by atoms with Crippen LogP contribution in [0, 0.1) is 19.7 Å². The molecule has 0 radical (unpaired) electrons. The maximum absolute atomic E-state index is 13.2. The van der Waals surface area contributed by atoms with Gasteiger partial charge in [-0.05, 0) is 51.0 Å². The summed E-state index contributed by atoms with van der Waals surface area (Å²) in [6.07, 6.45) is 3.16. The van der Waals surface area contributed by atoms with Crippen LogP contribution in [0.3, 0.4) is 0 Å². The van der Waals surface area contributed by atoms with Crippen molar-refractivity contribution in [2.24, 2.45) is 0 Å². The van der Waals surface area contributed by atoms with E-state index in [9.17, 15) is 12.8 Å². The van der Waals surface area contributed by atoms with Crippen molar-refractivity contribution in [2.75, 3.05) is 11.9 Å². The van der Waals surface area contributed by atoms with E-state index in [4.69, 9.17) is 0 Å². The van der Waals surface area contributed by atoms with E-state index in [1.165, 1.54) is 27.8 Å². The zero-order valence-electron chi connectivity index (χ0n) is 16.0. The Morgan fingerprint density at radius 1 is 1.21 bits per heavy atom. The molecule has 0 saturated carbocycles. The van der Waals surface area contributed by atoms with Gasteiger partial charge in [0.05, 0.1) is 16.6 Å². The first-order chi connectivity index (χ1) is 13.8. The average Bonchev–Trinajstić information content (AvgIpc) is 3.31. The second-order valence-electron chi connectivity index (χ2n) is 6.85. The van der Waals surface area contributed by atoms with Crippen LogP contribution < -0.4 is 5.32 Å². The summed E-state index contributed by atoms with van der Waals surface area (Å²) in [5, 5.41) is 3.88. The van der Waals surface area contributed by atoms with Crippen LogP contribution in [0.5, 0.6) is 0 Å². The summed E-state index contributed by atoms with van der Waals surface area (Å²) in [5.74, 6) is 0.652. The normalized spacial score (nSPS) is 17.6. The van der Waals surface area contributed by atoms with Crippen molar-refractivity contribution in [3.8, 4) is 0 Å². The number of hydrogen-bond donors (Lipinski definition) is 1. The Bertz CT molecular complexity index is 1130. The molecule has 0 aliphatic carbocycles. The van der Waals surface area contributed by atoms with Crippen LogP contribution >= 0.6 is 11.3 Å². The van der Waals surface area contributed by atoms with E-state index in [-0.39, 0.29) is 4.90 Å². The van der Waals surface area contributed by atoms with Crippen molar-refractivity contribution >= 4 is 32.3 Å². The van der Waals surface area contributed by atoms with E-state index in [1.54, 1.807) is 19.2 Å². The molecular weight excluding hydrogens is 413 g/mol. The van der Waals surface area contributed by atoms with Gasteiger partial charge in [-0.25, -0.2) is 27.8 Å². The third-order valence-corrected chi connectivity index (χ3v) is 7.43. The van der Waals surface area contributed by atoms with Crippen LogP contribution in [-0.2, 0) is 10.0 Å². The number of halogens is 1. The summed E-state index contributed by atoms with van der Waals surface area (Å²) in [6.45, 7) is 4.13. The number of thiazole rings is 1. The zero-order valence-corrected chi connectivity index (χ0v) is 17.6. The van der Waals surface area contributed by atoms with Crippen LogP contribution in [0.4, 0.5) is 15.3 Å². The van der Waals surface area contributed by atoms with Crippen LogP contribution in [0.2, 0.25) is 0 Å². The molecule has 29 heavy (non-hydrogen) atoms. The summed E-state index contributed by atoms with van der Waals surface area (Å²) in [7, 11) is -3.76. The van der Waals surface area contributed by atoms with Gasteiger partial charge in [0.1, 0.15) is 17.5 Å². The zero-order chi connectivity index (χ0) is 20.6. The van der Waals surface area contributed by atoms with Crippen molar-refractivity contribution in [1.29, 1.82) is 0 Å². The number of rotatable bonds is 5. The summed E-state index contributed by atoms with van der Waals surface area (Å²) >= 11 is 1.51. The molecule has 3 heterocycles. The molecule has 10 heteroatoms. The lowest BCUT2D eigenvalue weighted by atomic mass is 10.1. The Morgan fingerprint density at radius 2 is 1.97 bits per heavy atom. The minimum absolute atomic E-state index is 0.0770. The molecule has 1 aromatic carbocycles. The lowest BCUT2D eigenvalue weighted by Gasteiger charge is -2.24. The fourth-order valence-corrected chi connectivity index (χ4v) is 5.75. The van der Waals surface area contributed by atoms with Crippen LogP contribution in [0.25, 0.3) is 0 Å². The maximum atomic E-state index is 13.2. The van der Waals surface area contributed by atoms with Gasteiger partial charge in [0.2, 0.25) is 10.0 Å². The first-order valence-electron chi connectivity index (χ1n) is 9.15. The third kappa shape index (κ3) is 4.14. The Labute approximate surface area is 172 Å². The molecule has 2 aromatic heterocycles. The highest BCUT2D eigenvalue weighted by Crippen LogP contribution is 2.36. The molecule has 0 bridgehead atoms. The van der Waals surface area contributed by atoms with E-state index in [0.717, 1.165) is 23.4 Å². The van der Waals surface area contributed by atoms with Crippen molar-refractivity contribution in [2.45, 2.75) is 37.6 Å². The number of aromatic nitrogens is 3. The summed E-state index contributed by atoms with van der Waals surface area (Å²) < 4.78 is 40.9. The van der Waals surface area contributed by atoms with Gasteiger partial charge in [-0.3, -0.25) is 0 Å². The molecule has 7 nitrogen and oxygen atoms in total. The second-order valence-corrected chi connectivity index (χ2v) is 9.98. The lowest BCUT2D eigenvalue weighted by molar-refractivity contribution is 0.389. The van der Waals surface area contributed by atoms with Gasteiger partial charge >= 0.3 is 0 Å². The monoisotopic (exact) mass is 433 g/mol. The number of benzene rings is 1. The van der Waals surface area contributed by atoms with Crippen molar-refractivity contribution in [1.82, 2.24) is 19.3 Å². The Morgan fingerprint density at radius 3 is 2.66 bits per heavy atom. The fourth-order valence-electron chi connectivity index (χ4n) is 3.41. The van der Waals surface area contributed by atoms with Crippen molar-refractivity contribution in [3.05, 3.63) is 58.7 Å². The Kier molecular flexibility index (Phi) is 5.32. The highest BCUT2D eigenvalue weighted by Gasteiger charge is 2.37. The smallest absolute Gasteiger partial charge is 0.243 e. The van der Waals surface area contributed by atoms with Gasteiger partial charge in [0.25, 0.3) is 0 Å². The minimum Gasteiger partial charge on any atom is -0.316 e. The minimum atomic E-state index is -3.76. The highest BCUT2D eigenvalue weighted by atomic mass is 32.2. The van der Waals surface area contributed by atoms with E-state index in [2.05, 4.69) is 20.3 Å². The summed E-state index contributed by atoms with van der Waals surface area (Å²) in [4.78, 5) is 14.3. The quantitative estimate of drug-likeness (QED) is 0.655. The molecule has 1 saturated heterocycles. The van der Waals surface area contributed by atoms with E-state index in [1.807, 2.05) is 6.92 Å². The second kappa shape index (κ2) is 7.77. The van der Waals surface area contributed by atoms with E-state index >= 15 is 0 Å². The van der Waals surface area contributed by atoms with Crippen molar-refractivity contribution in [3.63, 3.8) is 0 Å². The number of anilines is 2. The molecule has 0 unspecified atom stereocenters. The predicted molar refractivity (Wildman–Crippen MR) is 109 cm³/mol. The molecule has 1 aliphatic heterocycles. The van der Waals surface area contributed by atoms with Crippen LogP contribution in [-0.4, -0.2) is 34.2 Å². The average molecular weight is 434 g/mol. The molecule has 1 atom stereocenters. The topological polar surface area (TPSA) is 88.1 Å². The van der Waals surface area contributed by atoms with Crippen LogP contribution in [0.15, 0.2) is 41.4 Å². The Hall–Kier alpha value is -2.43. The molecule has 1 aliphatic rings. The van der Waals surface area contributed by atoms with Gasteiger partial charge in [0, 0.05) is 23.7 Å². The number of nitrogens with zero attached hydrogens (tertiary/aromatic N) is 4. The largest absolute Gasteiger partial charge is 0.316 e. The molecular formula is C19H20FN5O2S2. The standard InChI is InChI=1S/C19H20FN5O2S2/c1-12-11-21-19(28-12)24-18-10-16(22-13(2)23-18)17-4-3-9-25(17)29(26,27)15-7-5-14(20)6-8-15/h5-8,10-11,17H,3-4,9H2,1-2H3,(H,21,22,23,24)/t17-/m0/s1. The first kappa shape index (κ1) is 19.9. The molecule has 1 N–H and O–H groups in total. The van der Waals surface area contributed by atoms with E-state index < -0.39 is 21.9 Å². The van der Waals surface area contributed by atoms with E-state index in [0.29, 0.717) is 35.4 Å². The van der Waals surface area contributed by atoms with Crippen molar-refractivity contribution < 1.29 is 12.8 Å². The van der Waals surface area contributed by atoms with Crippen LogP contribution in [0.1, 0.15) is 35.3 Å². The molecule has 1 fully saturated rings. The first-order valence-corrected chi connectivity index (χ1v) is 11.4.